The number of urea groups is 1. The van der Waals surface area contributed by atoms with E-state index in [2.05, 4.69) is 10.6 Å². The molecule has 1 unspecified atom stereocenters. The van der Waals surface area contributed by atoms with Gasteiger partial charge >= 0.3 is 12.0 Å². The summed E-state index contributed by atoms with van der Waals surface area (Å²) >= 11 is 0. The average molecular weight is 309 g/mol. The Morgan fingerprint density at radius 3 is 2.30 bits per heavy atom. The molecule has 2 amide bonds. The second-order valence-electron chi connectivity index (χ2n) is 4.55. The lowest BCUT2D eigenvalue weighted by atomic mass is 9.97. The van der Waals surface area contributed by atoms with Gasteiger partial charge in [0.2, 0.25) is 10.0 Å². The summed E-state index contributed by atoms with van der Waals surface area (Å²) in [7, 11) is -3.57. The Balaban J connectivity index is 3.75. The third kappa shape index (κ3) is 11.7. The highest BCUT2D eigenvalue weighted by atomic mass is 32.2. The van der Waals surface area contributed by atoms with Crippen molar-refractivity contribution in [2.75, 3.05) is 18.8 Å². The Morgan fingerprint density at radius 1 is 1.20 bits per heavy atom. The van der Waals surface area contributed by atoms with Crippen molar-refractivity contribution in [1.29, 1.82) is 0 Å². The maximum atomic E-state index is 11.3. The maximum Gasteiger partial charge on any atom is 0.314 e. The number of carbonyl (C=O) groups excluding carboxylic acids is 1. The van der Waals surface area contributed by atoms with Crippen LogP contribution in [0.25, 0.3) is 0 Å². The quantitative estimate of drug-likeness (QED) is 0.444. The Labute approximate surface area is 119 Å². The highest BCUT2D eigenvalue weighted by molar-refractivity contribution is 7.89. The number of aliphatic carboxylic acids is 1. The van der Waals surface area contributed by atoms with Crippen LogP contribution in [0, 0.1) is 5.92 Å². The lowest BCUT2D eigenvalue weighted by Gasteiger charge is -2.14. The Morgan fingerprint density at radius 2 is 1.80 bits per heavy atom. The van der Waals surface area contributed by atoms with Crippen molar-refractivity contribution in [3.05, 3.63) is 0 Å². The molecule has 0 aliphatic rings. The highest BCUT2D eigenvalue weighted by Crippen LogP contribution is 2.14. The van der Waals surface area contributed by atoms with Crippen molar-refractivity contribution in [2.45, 2.75) is 32.6 Å². The summed E-state index contributed by atoms with van der Waals surface area (Å²) in [6.07, 6.45) is 2.24. The number of carbonyl (C=O) groups is 2. The zero-order valence-electron chi connectivity index (χ0n) is 11.6. The molecule has 0 bridgehead atoms. The van der Waals surface area contributed by atoms with Crippen LogP contribution in [-0.2, 0) is 14.8 Å². The molecule has 0 radical (unpaired) electrons. The van der Waals surface area contributed by atoms with Gasteiger partial charge in [0.15, 0.2) is 0 Å². The van der Waals surface area contributed by atoms with E-state index in [0.29, 0.717) is 19.4 Å². The number of nitrogens with two attached hydrogens (primary N) is 1. The second-order valence-corrected chi connectivity index (χ2v) is 6.28. The van der Waals surface area contributed by atoms with Gasteiger partial charge in [-0.1, -0.05) is 13.3 Å². The molecule has 0 rings (SSSR count). The van der Waals surface area contributed by atoms with Gasteiger partial charge in [0.05, 0.1) is 5.75 Å². The monoisotopic (exact) mass is 309 g/mol. The van der Waals surface area contributed by atoms with E-state index in [-0.39, 0.29) is 24.6 Å². The molecule has 9 heteroatoms. The summed E-state index contributed by atoms with van der Waals surface area (Å²) in [4.78, 5) is 21.8. The minimum atomic E-state index is -3.57. The summed E-state index contributed by atoms with van der Waals surface area (Å²) in [5.41, 5.74) is 0. The number of primary sulfonamides is 1. The first-order valence-electron chi connectivity index (χ1n) is 6.48. The van der Waals surface area contributed by atoms with Crippen LogP contribution in [0.5, 0.6) is 0 Å². The Hall–Kier alpha value is -1.35. The SMILES string of the molecule is CCC(CCNC(=O)NCCS(N)(=O)=O)CCC(=O)O. The van der Waals surface area contributed by atoms with Crippen LogP contribution >= 0.6 is 0 Å². The Kier molecular flexibility index (Phi) is 8.89. The van der Waals surface area contributed by atoms with E-state index in [9.17, 15) is 18.0 Å². The molecule has 0 aromatic carbocycles. The van der Waals surface area contributed by atoms with Crippen molar-refractivity contribution in [1.82, 2.24) is 10.6 Å². The van der Waals surface area contributed by atoms with Crippen LogP contribution in [-0.4, -0.2) is 44.4 Å². The molecule has 0 aliphatic carbocycles. The first kappa shape index (κ1) is 18.7. The smallest absolute Gasteiger partial charge is 0.314 e. The predicted octanol–water partition coefficient (Wildman–Crippen LogP) is -0.145. The second kappa shape index (κ2) is 9.54. The Bertz CT molecular complexity index is 410. The highest BCUT2D eigenvalue weighted by Gasteiger charge is 2.10. The van der Waals surface area contributed by atoms with Crippen LogP contribution < -0.4 is 15.8 Å². The molecular formula is C11H23N3O5S. The van der Waals surface area contributed by atoms with Gasteiger partial charge in [0, 0.05) is 19.5 Å². The van der Waals surface area contributed by atoms with Crippen molar-refractivity contribution in [3.63, 3.8) is 0 Å². The molecule has 8 nitrogen and oxygen atoms in total. The summed E-state index contributed by atoms with van der Waals surface area (Å²) in [6, 6.07) is -0.457. The number of hydrogen-bond acceptors (Lipinski definition) is 4. The number of rotatable bonds is 10. The van der Waals surface area contributed by atoms with Crippen molar-refractivity contribution < 1.29 is 23.1 Å². The predicted molar refractivity (Wildman–Crippen MR) is 74.6 cm³/mol. The number of carboxylic acids is 1. The van der Waals surface area contributed by atoms with Crippen molar-refractivity contribution in [3.8, 4) is 0 Å². The standard InChI is InChI=1S/C11H23N3O5S/c1-2-9(3-4-10(15)16)5-6-13-11(17)14-7-8-20(12,18)19/h9H,2-8H2,1H3,(H,15,16)(H2,12,18,19)(H2,13,14,17). The molecule has 0 aromatic rings. The van der Waals surface area contributed by atoms with Crippen LogP contribution in [0.1, 0.15) is 32.6 Å². The van der Waals surface area contributed by atoms with Crippen molar-refractivity contribution >= 4 is 22.0 Å². The molecule has 118 valence electrons. The number of amides is 2. The summed E-state index contributed by atoms with van der Waals surface area (Å²) in [5, 5.41) is 18.4. The first-order valence-corrected chi connectivity index (χ1v) is 8.20. The zero-order valence-corrected chi connectivity index (χ0v) is 12.4. The third-order valence-corrected chi connectivity index (χ3v) is 3.63. The van der Waals surface area contributed by atoms with E-state index in [1.165, 1.54) is 0 Å². The summed E-state index contributed by atoms with van der Waals surface area (Å²) in [6.45, 7) is 2.35. The first-order chi connectivity index (χ1) is 9.24. The van der Waals surface area contributed by atoms with Crippen molar-refractivity contribution in [2.24, 2.45) is 11.1 Å². The average Bonchev–Trinajstić information content (AvgIpc) is 2.31. The van der Waals surface area contributed by atoms with Gasteiger partial charge in [-0.05, 0) is 18.8 Å². The lowest BCUT2D eigenvalue weighted by Crippen LogP contribution is -2.39. The van der Waals surface area contributed by atoms with E-state index < -0.39 is 22.0 Å². The fraction of sp³-hybridized carbons (Fsp3) is 0.818. The molecule has 0 aliphatic heterocycles. The van der Waals surface area contributed by atoms with Gasteiger partial charge in [-0.25, -0.2) is 18.4 Å². The summed E-state index contributed by atoms with van der Waals surface area (Å²) < 4.78 is 21.3. The van der Waals surface area contributed by atoms with E-state index >= 15 is 0 Å². The molecule has 0 fully saturated rings. The minimum Gasteiger partial charge on any atom is -0.481 e. The van der Waals surface area contributed by atoms with Crippen LogP contribution in [0.2, 0.25) is 0 Å². The fourth-order valence-corrected chi connectivity index (χ4v) is 2.03. The van der Waals surface area contributed by atoms with E-state index in [0.717, 1.165) is 6.42 Å². The maximum absolute atomic E-state index is 11.3. The van der Waals surface area contributed by atoms with E-state index in [1.807, 2.05) is 6.92 Å². The third-order valence-electron chi connectivity index (χ3n) is 2.85. The molecule has 0 aromatic heterocycles. The largest absolute Gasteiger partial charge is 0.481 e. The molecule has 1 atom stereocenters. The topological polar surface area (TPSA) is 139 Å². The fourth-order valence-electron chi connectivity index (χ4n) is 1.64. The van der Waals surface area contributed by atoms with Gasteiger partial charge in [0.1, 0.15) is 0 Å². The molecule has 0 spiro atoms. The zero-order chi connectivity index (χ0) is 15.6. The molecule has 0 saturated carbocycles. The van der Waals surface area contributed by atoms with E-state index in [4.69, 9.17) is 10.2 Å². The minimum absolute atomic E-state index is 0.0408. The van der Waals surface area contributed by atoms with Crippen LogP contribution in [0.3, 0.4) is 0 Å². The molecule has 0 saturated heterocycles. The number of sulfonamides is 1. The van der Waals surface area contributed by atoms with Gasteiger partial charge < -0.3 is 15.7 Å². The van der Waals surface area contributed by atoms with Gasteiger partial charge in [-0.3, -0.25) is 4.79 Å². The number of hydrogen-bond donors (Lipinski definition) is 4. The molecule has 20 heavy (non-hydrogen) atoms. The van der Waals surface area contributed by atoms with Gasteiger partial charge in [-0.15, -0.1) is 0 Å². The van der Waals surface area contributed by atoms with Crippen LogP contribution in [0.4, 0.5) is 4.79 Å². The lowest BCUT2D eigenvalue weighted by molar-refractivity contribution is -0.137. The van der Waals surface area contributed by atoms with Crippen LogP contribution in [0.15, 0.2) is 0 Å². The van der Waals surface area contributed by atoms with Gasteiger partial charge in [0.25, 0.3) is 0 Å². The number of nitrogens with one attached hydrogen (secondary N) is 2. The number of carboxylic acid groups (broad SMARTS) is 1. The van der Waals surface area contributed by atoms with E-state index in [1.54, 1.807) is 0 Å². The normalized spacial score (nSPS) is 12.7. The molecule has 0 heterocycles. The van der Waals surface area contributed by atoms with Gasteiger partial charge in [-0.2, -0.15) is 0 Å². The summed E-state index contributed by atoms with van der Waals surface area (Å²) in [5.74, 6) is -0.885. The molecule has 5 N–H and O–H groups in total. The molecular weight excluding hydrogens is 286 g/mol.